The molecule has 2 fully saturated rings. The summed E-state index contributed by atoms with van der Waals surface area (Å²) in [6.07, 6.45) is 2.25. The Hall–Kier alpha value is -2.17. The Kier molecular flexibility index (Phi) is 5.85. The average molecular weight is 364 g/mol. The monoisotopic (exact) mass is 364 g/mol. The Morgan fingerprint density at radius 2 is 1.48 bits per heavy atom. The van der Waals surface area contributed by atoms with Crippen molar-refractivity contribution < 1.29 is 9.53 Å². The summed E-state index contributed by atoms with van der Waals surface area (Å²) in [6, 6.07) is 20.8. The highest BCUT2D eigenvalue weighted by Crippen LogP contribution is 2.29. The van der Waals surface area contributed by atoms with Crippen molar-refractivity contribution in [2.75, 3.05) is 39.4 Å². The summed E-state index contributed by atoms with van der Waals surface area (Å²) < 4.78 is 5.50. The Morgan fingerprint density at radius 3 is 2.07 bits per heavy atom. The summed E-state index contributed by atoms with van der Waals surface area (Å²) in [7, 11) is 0. The lowest BCUT2D eigenvalue weighted by Gasteiger charge is -2.41. The van der Waals surface area contributed by atoms with Gasteiger partial charge in [-0.2, -0.15) is 0 Å². The average Bonchev–Trinajstić information content (AvgIpc) is 2.76. The number of hydrogen-bond acceptors (Lipinski definition) is 3. The first kappa shape index (κ1) is 18.2. The Balaban J connectivity index is 1.56. The van der Waals surface area contributed by atoms with Gasteiger partial charge < -0.3 is 9.64 Å². The van der Waals surface area contributed by atoms with Crippen LogP contribution in [0, 0.1) is 0 Å². The fourth-order valence-corrected chi connectivity index (χ4v) is 4.35. The molecule has 0 saturated carbocycles. The van der Waals surface area contributed by atoms with Crippen molar-refractivity contribution in [1.82, 2.24) is 9.80 Å². The van der Waals surface area contributed by atoms with E-state index < -0.39 is 0 Å². The van der Waals surface area contributed by atoms with E-state index in [0.717, 1.165) is 56.9 Å². The number of hydrogen-bond donors (Lipinski definition) is 0. The van der Waals surface area contributed by atoms with Crippen LogP contribution in [0.15, 0.2) is 60.7 Å². The van der Waals surface area contributed by atoms with Gasteiger partial charge in [0.05, 0.1) is 19.1 Å². The van der Waals surface area contributed by atoms with E-state index in [1.807, 2.05) is 36.4 Å². The van der Waals surface area contributed by atoms with Gasteiger partial charge in [0.15, 0.2) is 0 Å². The molecule has 2 aliphatic rings. The molecule has 2 aromatic carbocycles. The van der Waals surface area contributed by atoms with Crippen molar-refractivity contribution in [1.29, 1.82) is 0 Å². The molecule has 1 unspecified atom stereocenters. The SMILES string of the molecule is O=C(C(c1ccccc1)c1ccccc1)N1CCCC(N2CCOCC2)C1. The van der Waals surface area contributed by atoms with Crippen LogP contribution in [0.4, 0.5) is 0 Å². The Labute approximate surface area is 161 Å². The second-order valence-corrected chi connectivity index (χ2v) is 7.48. The van der Waals surface area contributed by atoms with Gasteiger partial charge in [0.2, 0.25) is 5.91 Å². The van der Waals surface area contributed by atoms with Crippen molar-refractivity contribution in [2.45, 2.75) is 24.8 Å². The van der Waals surface area contributed by atoms with Gasteiger partial charge in [-0.05, 0) is 24.0 Å². The molecule has 4 rings (SSSR count). The standard InChI is InChI=1S/C23H28N2O2/c26-23(25-13-7-12-21(18-25)24-14-16-27-17-15-24)22(19-8-3-1-4-9-19)20-10-5-2-6-11-20/h1-6,8-11,21-22H,7,12-18H2. The number of benzene rings is 2. The van der Waals surface area contributed by atoms with E-state index >= 15 is 0 Å². The van der Waals surface area contributed by atoms with Crippen molar-refractivity contribution in [2.24, 2.45) is 0 Å². The van der Waals surface area contributed by atoms with Gasteiger partial charge in [-0.25, -0.2) is 0 Å². The van der Waals surface area contributed by atoms with Gasteiger partial charge in [-0.15, -0.1) is 0 Å². The maximum atomic E-state index is 13.6. The molecule has 2 heterocycles. The van der Waals surface area contributed by atoms with E-state index in [-0.39, 0.29) is 11.8 Å². The fraction of sp³-hybridized carbons (Fsp3) is 0.435. The summed E-state index contributed by atoms with van der Waals surface area (Å²) in [5.74, 6) is 0.00111. The highest BCUT2D eigenvalue weighted by atomic mass is 16.5. The van der Waals surface area contributed by atoms with Crippen molar-refractivity contribution in [3.63, 3.8) is 0 Å². The lowest BCUT2D eigenvalue weighted by molar-refractivity contribution is -0.134. The molecule has 0 N–H and O–H groups in total. The van der Waals surface area contributed by atoms with Crippen LogP contribution in [0.25, 0.3) is 0 Å². The molecule has 4 heteroatoms. The largest absolute Gasteiger partial charge is 0.379 e. The summed E-state index contributed by atoms with van der Waals surface area (Å²) in [4.78, 5) is 18.2. The topological polar surface area (TPSA) is 32.8 Å². The molecule has 27 heavy (non-hydrogen) atoms. The minimum Gasteiger partial charge on any atom is -0.379 e. The quantitative estimate of drug-likeness (QED) is 0.836. The van der Waals surface area contributed by atoms with E-state index in [4.69, 9.17) is 4.74 Å². The zero-order chi connectivity index (χ0) is 18.5. The van der Waals surface area contributed by atoms with Crippen molar-refractivity contribution >= 4 is 5.91 Å². The predicted octanol–water partition coefficient (Wildman–Crippen LogP) is 3.14. The highest BCUT2D eigenvalue weighted by molar-refractivity contribution is 5.87. The van der Waals surface area contributed by atoms with Gasteiger partial charge in [-0.1, -0.05) is 60.7 Å². The molecule has 1 amide bonds. The Morgan fingerprint density at radius 1 is 0.889 bits per heavy atom. The number of amides is 1. The third-order valence-corrected chi connectivity index (χ3v) is 5.78. The summed E-state index contributed by atoms with van der Waals surface area (Å²) in [6.45, 7) is 5.26. The summed E-state index contributed by atoms with van der Waals surface area (Å²) in [5.41, 5.74) is 2.14. The maximum Gasteiger partial charge on any atom is 0.234 e. The molecule has 0 aromatic heterocycles. The molecule has 0 bridgehead atoms. The molecular formula is C23H28N2O2. The molecule has 2 aromatic rings. The lowest BCUT2D eigenvalue weighted by atomic mass is 9.89. The van der Waals surface area contributed by atoms with E-state index in [9.17, 15) is 4.79 Å². The molecule has 4 nitrogen and oxygen atoms in total. The molecule has 0 spiro atoms. The molecule has 1 atom stereocenters. The van der Waals surface area contributed by atoms with E-state index in [0.29, 0.717) is 6.04 Å². The first-order chi connectivity index (χ1) is 13.3. The number of nitrogens with zero attached hydrogens (tertiary/aromatic N) is 2. The van der Waals surface area contributed by atoms with Gasteiger partial charge in [0.1, 0.15) is 0 Å². The van der Waals surface area contributed by atoms with Crippen LogP contribution in [-0.4, -0.2) is 61.1 Å². The number of carbonyl (C=O) groups excluding carboxylic acids is 1. The first-order valence-electron chi connectivity index (χ1n) is 10.0. The number of piperidine rings is 1. The van der Waals surface area contributed by atoms with Crippen LogP contribution in [-0.2, 0) is 9.53 Å². The predicted molar refractivity (Wildman–Crippen MR) is 107 cm³/mol. The number of rotatable bonds is 4. The van der Waals surface area contributed by atoms with Crippen LogP contribution in [0.2, 0.25) is 0 Å². The third kappa shape index (κ3) is 4.23. The number of likely N-dealkylation sites (tertiary alicyclic amines) is 1. The Bertz CT molecular complexity index is 689. The molecule has 0 aliphatic carbocycles. The molecule has 142 valence electrons. The summed E-state index contributed by atoms with van der Waals surface area (Å²) in [5, 5.41) is 0. The number of morpholine rings is 1. The van der Waals surface area contributed by atoms with E-state index in [2.05, 4.69) is 34.1 Å². The normalized spacial score (nSPS) is 21.4. The fourth-order valence-electron chi connectivity index (χ4n) is 4.35. The number of carbonyl (C=O) groups is 1. The van der Waals surface area contributed by atoms with Crippen LogP contribution in [0.3, 0.4) is 0 Å². The molecular weight excluding hydrogens is 336 g/mol. The van der Waals surface area contributed by atoms with Gasteiger partial charge in [0.25, 0.3) is 0 Å². The maximum absolute atomic E-state index is 13.6. The van der Waals surface area contributed by atoms with Gasteiger partial charge in [-0.3, -0.25) is 9.69 Å². The van der Waals surface area contributed by atoms with Crippen LogP contribution < -0.4 is 0 Å². The second-order valence-electron chi connectivity index (χ2n) is 7.48. The third-order valence-electron chi connectivity index (χ3n) is 5.78. The molecule has 2 saturated heterocycles. The minimum atomic E-state index is -0.226. The lowest BCUT2D eigenvalue weighted by Crippen LogP contribution is -2.53. The smallest absolute Gasteiger partial charge is 0.234 e. The van der Waals surface area contributed by atoms with Crippen LogP contribution >= 0.6 is 0 Å². The summed E-state index contributed by atoms with van der Waals surface area (Å²) >= 11 is 0. The van der Waals surface area contributed by atoms with Gasteiger partial charge in [0, 0.05) is 32.2 Å². The first-order valence-corrected chi connectivity index (χ1v) is 10.0. The number of ether oxygens (including phenoxy) is 1. The van der Waals surface area contributed by atoms with Crippen molar-refractivity contribution in [3.05, 3.63) is 71.8 Å². The second kappa shape index (κ2) is 8.68. The molecule has 0 radical (unpaired) electrons. The zero-order valence-electron chi connectivity index (χ0n) is 15.8. The zero-order valence-corrected chi connectivity index (χ0v) is 15.8. The van der Waals surface area contributed by atoms with Gasteiger partial charge >= 0.3 is 0 Å². The van der Waals surface area contributed by atoms with E-state index in [1.54, 1.807) is 0 Å². The van der Waals surface area contributed by atoms with E-state index in [1.165, 1.54) is 6.42 Å². The minimum absolute atomic E-state index is 0.226. The van der Waals surface area contributed by atoms with Crippen LogP contribution in [0.1, 0.15) is 29.9 Å². The molecule has 2 aliphatic heterocycles. The van der Waals surface area contributed by atoms with Crippen LogP contribution in [0.5, 0.6) is 0 Å². The highest BCUT2D eigenvalue weighted by Gasteiger charge is 2.33. The van der Waals surface area contributed by atoms with Crippen molar-refractivity contribution in [3.8, 4) is 0 Å².